The van der Waals surface area contributed by atoms with Crippen molar-refractivity contribution < 1.29 is 24.2 Å². The summed E-state index contributed by atoms with van der Waals surface area (Å²) in [6.45, 7) is 6.92. The molecule has 6 heteroatoms. The Morgan fingerprint density at radius 2 is 1.73 bits per heavy atom. The van der Waals surface area contributed by atoms with Crippen molar-refractivity contribution in [3.8, 4) is 11.5 Å². The van der Waals surface area contributed by atoms with Gasteiger partial charge in [-0.25, -0.2) is 0 Å². The molecular formula is C31H33NO5. The van der Waals surface area contributed by atoms with Crippen LogP contribution in [0.2, 0.25) is 0 Å². The Morgan fingerprint density at radius 1 is 1.00 bits per heavy atom. The second kappa shape index (κ2) is 11.3. The van der Waals surface area contributed by atoms with Crippen LogP contribution in [0.15, 0.2) is 78.4 Å². The number of ketones is 1. The number of aliphatic hydroxyl groups is 1. The lowest BCUT2D eigenvalue weighted by Crippen LogP contribution is -2.29. The monoisotopic (exact) mass is 499 g/mol. The normalized spacial score (nSPS) is 16.9. The van der Waals surface area contributed by atoms with Gasteiger partial charge in [0.25, 0.3) is 11.7 Å². The molecule has 0 radical (unpaired) electrons. The number of carbonyl (C=O) groups excluding carboxylic acids is 2. The van der Waals surface area contributed by atoms with E-state index in [9.17, 15) is 14.7 Å². The number of nitrogens with zero attached hydrogens (tertiary/aromatic N) is 1. The Balaban J connectivity index is 1.84. The molecule has 6 nitrogen and oxygen atoms in total. The highest BCUT2D eigenvalue weighted by Gasteiger charge is 2.46. The minimum absolute atomic E-state index is 0.0600. The number of aliphatic hydroxyl groups excluding tert-OH is 1. The van der Waals surface area contributed by atoms with E-state index >= 15 is 0 Å². The topological polar surface area (TPSA) is 76.1 Å². The van der Waals surface area contributed by atoms with E-state index in [0.717, 1.165) is 23.1 Å². The highest BCUT2D eigenvalue weighted by Crippen LogP contribution is 2.41. The van der Waals surface area contributed by atoms with Crippen LogP contribution in [0, 0.1) is 0 Å². The highest BCUT2D eigenvalue weighted by atomic mass is 16.5. The molecular weight excluding hydrogens is 466 g/mol. The molecule has 192 valence electrons. The second-order valence-corrected chi connectivity index (χ2v) is 9.44. The Labute approximate surface area is 218 Å². The summed E-state index contributed by atoms with van der Waals surface area (Å²) in [5, 5.41) is 11.4. The standard InChI is InChI=1S/C31H33NO5/c1-5-17-37-25-11-8-10-23(18-25)29(33)27-28(22-15-13-21(14-16-22)20(2)3)32(31(35)30(27)34)19-24-9-6-7-12-26(24)36-4/h6-16,18,20,28,33H,5,17,19H2,1-4H3/b29-27-. The summed E-state index contributed by atoms with van der Waals surface area (Å²) in [4.78, 5) is 28.3. The van der Waals surface area contributed by atoms with Crippen LogP contribution >= 0.6 is 0 Å². The lowest BCUT2D eigenvalue weighted by atomic mass is 9.93. The second-order valence-electron chi connectivity index (χ2n) is 9.44. The highest BCUT2D eigenvalue weighted by molar-refractivity contribution is 6.46. The zero-order valence-electron chi connectivity index (χ0n) is 21.7. The van der Waals surface area contributed by atoms with Crippen molar-refractivity contribution in [1.82, 2.24) is 4.90 Å². The van der Waals surface area contributed by atoms with Gasteiger partial charge in [-0.3, -0.25) is 9.59 Å². The number of methoxy groups -OCH3 is 1. The van der Waals surface area contributed by atoms with Gasteiger partial charge in [-0.2, -0.15) is 0 Å². The van der Waals surface area contributed by atoms with E-state index in [2.05, 4.69) is 13.8 Å². The van der Waals surface area contributed by atoms with Gasteiger partial charge >= 0.3 is 0 Å². The summed E-state index contributed by atoms with van der Waals surface area (Å²) in [7, 11) is 1.57. The van der Waals surface area contributed by atoms with Crippen LogP contribution < -0.4 is 9.47 Å². The lowest BCUT2D eigenvalue weighted by molar-refractivity contribution is -0.140. The minimum Gasteiger partial charge on any atom is -0.507 e. The molecule has 3 aromatic carbocycles. The number of Topliss-reactive ketones (excluding diaryl/α,β-unsaturated/α-hetero) is 1. The number of para-hydroxylation sites is 1. The first-order valence-corrected chi connectivity index (χ1v) is 12.6. The maximum absolute atomic E-state index is 13.4. The zero-order valence-corrected chi connectivity index (χ0v) is 21.7. The maximum Gasteiger partial charge on any atom is 0.295 e. The van der Waals surface area contributed by atoms with E-state index in [1.165, 1.54) is 4.90 Å². The van der Waals surface area contributed by atoms with Crippen LogP contribution in [-0.4, -0.2) is 35.4 Å². The van der Waals surface area contributed by atoms with Crippen LogP contribution in [0.5, 0.6) is 11.5 Å². The Kier molecular flexibility index (Phi) is 7.97. The van der Waals surface area contributed by atoms with Crippen molar-refractivity contribution in [2.24, 2.45) is 0 Å². The number of benzene rings is 3. The molecule has 1 atom stereocenters. The number of rotatable bonds is 9. The molecule has 1 heterocycles. The zero-order chi connectivity index (χ0) is 26.5. The molecule has 1 amide bonds. The van der Waals surface area contributed by atoms with E-state index in [1.807, 2.05) is 55.5 Å². The average molecular weight is 500 g/mol. The molecule has 3 aromatic rings. The molecule has 1 saturated heterocycles. The van der Waals surface area contributed by atoms with E-state index in [-0.39, 0.29) is 17.9 Å². The maximum atomic E-state index is 13.4. The van der Waals surface area contributed by atoms with Gasteiger partial charge in [0.15, 0.2) is 0 Å². The van der Waals surface area contributed by atoms with Gasteiger partial charge in [-0.05, 0) is 41.7 Å². The van der Waals surface area contributed by atoms with Crippen molar-refractivity contribution in [2.75, 3.05) is 13.7 Å². The average Bonchev–Trinajstić information content (AvgIpc) is 3.17. The summed E-state index contributed by atoms with van der Waals surface area (Å²) in [5.74, 6) is -0.0549. The van der Waals surface area contributed by atoms with Gasteiger partial charge in [-0.15, -0.1) is 0 Å². The molecule has 4 rings (SSSR count). The third kappa shape index (κ3) is 5.38. The number of amides is 1. The van der Waals surface area contributed by atoms with E-state index < -0.39 is 17.7 Å². The Hall–Kier alpha value is -4.06. The summed E-state index contributed by atoms with van der Waals surface area (Å²) >= 11 is 0. The molecule has 1 unspecified atom stereocenters. The lowest BCUT2D eigenvalue weighted by Gasteiger charge is -2.26. The molecule has 1 N–H and O–H groups in total. The van der Waals surface area contributed by atoms with Gasteiger partial charge in [0, 0.05) is 11.1 Å². The van der Waals surface area contributed by atoms with Crippen molar-refractivity contribution in [1.29, 1.82) is 0 Å². The molecule has 0 aliphatic carbocycles. The van der Waals surface area contributed by atoms with Crippen molar-refractivity contribution >= 4 is 17.4 Å². The number of likely N-dealkylation sites (tertiary alicyclic amines) is 1. The third-order valence-electron chi connectivity index (χ3n) is 6.57. The third-order valence-corrected chi connectivity index (χ3v) is 6.57. The minimum atomic E-state index is -0.758. The molecule has 0 aromatic heterocycles. The van der Waals surface area contributed by atoms with Crippen molar-refractivity contribution in [3.63, 3.8) is 0 Å². The fourth-order valence-electron chi connectivity index (χ4n) is 4.58. The Morgan fingerprint density at radius 3 is 2.41 bits per heavy atom. The van der Waals surface area contributed by atoms with Gasteiger partial charge in [0.05, 0.1) is 31.9 Å². The number of ether oxygens (including phenoxy) is 2. The first-order valence-electron chi connectivity index (χ1n) is 12.6. The van der Waals surface area contributed by atoms with E-state index in [4.69, 9.17) is 9.47 Å². The molecule has 0 bridgehead atoms. The summed E-state index contributed by atoms with van der Waals surface area (Å²) in [6, 6.07) is 21.5. The first-order chi connectivity index (χ1) is 17.8. The number of hydrogen-bond acceptors (Lipinski definition) is 5. The molecule has 1 aliphatic heterocycles. The quantitative estimate of drug-likeness (QED) is 0.215. The Bertz CT molecular complexity index is 1310. The molecule has 0 spiro atoms. The van der Waals surface area contributed by atoms with Gasteiger partial charge in [-0.1, -0.05) is 75.4 Å². The van der Waals surface area contributed by atoms with Crippen LogP contribution in [0.3, 0.4) is 0 Å². The predicted octanol–water partition coefficient (Wildman–Crippen LogP) is 6.23. The van der Waals surface area contributed by atoms with Crippen molar-refractivity contribution in [2.45, 2.75) is 45.7 Å². The van der Waals surface area contributed by atoms with E-state index in [0.29, 0.717) is 29.6 Å². The smallest absolute Gasteiger partial charge is 0.295 e. The number of carbonyl (C=O) groups is 2. The largest absolute Gasteiger partial charge is 0.507 e. The van der Waals surface area contributed by atoms with Crippen molar-refractivity contribution in [3.05, 3.63) is 101 Å². The van der Waals surface area contributed by atoms with Gasteiger partial charge in [0.1, 0.15) is 17.3 Å². The van der Waals surface area contributed by atoms with Crippen LogP contribution in [-0.2, 0) is 16.1 Å². The molecule has 1 fully saturated rings. The SMILES string of the molecule is CCCOc1cccc(/C(O)=C2/C(=O)C(=O)N(Cc3ccccc3OC)C2c2ccc(C(C)C)cc2)c1. The van der Waals surface area contributed by atoms with Gasteiger partial charge in [0.2, 0.25) is 0 Å². The fraction of sp³-hybridized carbons (Fsp3) is 0.290. The van der Waals surface area contributed by atoms with Crippen LogP contribution in [0.1, 0.15) is 61.4 Å². The summed E-state index contributed by atoms with van der Waals surface area (Å²) in [5.41, 5.74) is 3.15. The summed E-state index contributed by atoms with van der Waals surface area (Å²) in [6.07, 6.45) is 0.844. The molecule has 1 aliphatic rings. The van der Waals surface area contributed by atoms with Crippen LogP contribution in [0.25, 0.3) is 5.76 Å². The first kappa shape index (κ1) is 26.0. The molecule has 37 heavy (non-hydrogen) atoms. The van der Waals surface area contributed by atoms with Crippen LogP contribution in [0.4, 0.5) is 0 Å². The predicted molar refractivity (Wildman–Crippen MR) is 144 cm³/mol. The summed E-state index contributed by atoms with van der Waals surface area (Å²) < 4.78 is 11.2. The van der Waals surface area contributed by atoms with Gasteiger partial charge < -0.3 is 19.5 Å². The molecule has 0 saturated carbocycles. The number of hydrogen-bond donors (Lipinski definition) is 1. The van der Waals surface area contributed by atoms with E-state index in [1.54, 1.807) is 31.4 Å². The fourth-order valence-corrected chi connectivity index (χ4v) is 4.58.